The maximum atomic E-state index is 12.8. The molecule has 0 atom stereocenters. The number of aryl methyl sites for hydroxylation is 1. The monoisotopic (exact) mass is 546 g/mol. The summed E-state index contributed by atoms with van der Waals surface area (Å²) < 4.78 is 27.3. The van der Waals surface area contributed by atoms with Gasteiger partial charge in [0.25, 0.3) is 5.91 Å². The van der Waals surface area contributed by atoms with Crippen molar-refractivity contribution >= 4 is 28.8 Å². The lowest BCUT2D eigenvalue weighted by molar-refractivity contribution is -0.159. The van der Waals surface area contributed by atoms with Gasteiger partial charge < -0.3 is 43.8 Å². The molecule has 0 fully saturated rings. The van der Waals surface area contributed by atoms with E-state index in [1.54, 1.807) is 34.5 Å². The van der Waals surface area contributed by atoms with Crippen molar-refractivity contribution in [1.29, 1.82) is 0 Å². The molecule has 0 saturated carbocycles. The summed E-state index contributed by atoms with van der Waals surface area (Å²) in [6.45, 7) is 3.90. The molecule has 212 valence electrons. The van der Waals surface area contributed by atoms with E-state index in [2.05, 4.69) is 10.2 Å². The number of ether oxygens (including phenoxy) is 4. The van der Waals surface area contributed by atoms with Crippen LogP contribution in [0.25, 0.3) is 11.0 Å². The summed E-state index contributed by atoms with van der Waals surface area (Å²) in [6.07, 6.45) is 0.856. The third-order valence-electron chi connectivity index (χ3n) is 5.85. The molecule has 0 unspecified atom stereocenters. The minimum absolute atomic E-state index is 0.252. The predicted molar refractivity (Wildman–Crippen MR) is 142 cm³/mol. The molecule has 2 aromatic carbocycles. The van der Waals surface area contributed by atoms with E-state index >= 15 is 0 Å². The van der Waals surface area contributed by atoms with E-state index in [-0.39, 0.29) is 11.7 Å². The van der Waals surface area contributed by atoms with Crippen molar-refractivity contribution in [3.63, 3.8) is 0 Å². The normalized spacial score (nSPS) is 10.4. The molecule has 0 aliphatic rings. The third-order valence-corrected chi connectivity index (χ3v) is 5.85. The fourth-order valence-electron chi connectivity index (χ4n) is 3.72. The van der Waals surface area contributed by atoms with E-state index in [4.69, 9.17) is 43.2 Å². The van der Waals surface area contributed by atoms with Crippen molar-refractivity contribution in [3.05, 3.63) is 47.2 Å². The summed E-state index contributed by atoms with van der Waals surface area (Å²) in [5, 5.41) is 18.6. The van der Waals surface area contributed by atoms with Crippen LogP contribution in [0, 0.1) is 6.92 Å². The number of hydrogen-bond donors (Lipinski definition) is 3. The molecule has 12 heteroatoms. The Morgan fingerprint density at radius 3 is 2.05 bits per heavy atom. The number of carboxylic acids is 2. The number of hydrogen-bond acceptors (Lipinski definition) is 9. The van der Waals surface area contributed by atoms with Crippen LogP contribution in [0.5, 0.6) is 23.0 Å². The van der Waals surface area contributed by atoms with Crippen LogP contribution in [0.2, 0.25) is 0 Å². The van der Waals surface area contributed by atoms with E-state index < -0.39 is 11.9 Å². The fourth-order valence-corrected chi connectivity index (χ4v) is 3.72. The Bertz CT molecular complexity index is 1290. The summed E-state index contributed by atoms with van der Waals surface area (Å²) >= 11 is 0. The molecule has 0 radical (unpaired) electrons. The second-order valence-electron chi connectivity index (χ2n) is 8.34. The molecule has 1 aromatic heterocycles. The number of carbonyl (C=O) groups is 3. The number of methoxy groups -OCH3 is 4. The first kappa shape index (κ1) is 30.8. The number of benzene rings is 2. The molecule has 3 N–H and O–H groups in total. The fraction of sp³-hybridized carbons (Fsp3) is 0.370. The van der Waals surface area contributed by atoms with E-state index in [0.717, 1.165) is 35.2 Å². The van der Waals surface area contributed by atoms with Gasteiger partial charge in [0, 0.05) is 30.6 Å². The van der Waals surface area contributed by atoms with Gasteiger partial charge in [-0.3, -0.25) is 4.79 Å². The molecular weight excluding hydrogens is 512 g/mol. The van der Waals surface area contributed by atoms with Crippen LogP contribution >= 0.6 is 0 Å². The molecule has 0 saturated heterocycles. The van der Waals surface area contributed by atoms with Crippen molar-refractivity contribution < 1.29 is 48.0 Å². The van der Waals surface area contributed by atoms with Gasteiger partial charge in [-0.15, -0.1) is 0 Å². The Kier molecular flexibility index (Phi) is 11.4. The van der Waals surface area contributed by atoms with Crippen molar-refractivity contribution in [1.82, 2.24) is 10.2 Å². The van der Waals surface area contributed by atoms with Crippen LogP contribution in [0.1, 0.15) is 21.7 Å². The first-order valence-electron chi connectivity index (χ1n) is 11.9. The zero-order valence-electron chi connectivity index (χ0n) is 22.8. The molecule has 3 rings (SSSR count). The molecule has 0 aliphatic heterocycles. The van der Waals surface area contributed by atoms with Gasteiger partial charge in [0.05, 0.1) is 28.4 Å². The smallest absolute Gasteiger partial charge is 0.414 e. The van der Waals surface area contributed by atoms with E-state index in [9.17, 15) is 4.79 Å². The zero-order valence-corrected chi connectivity index (χ0v) is 22.8. The Morgan fingerprint density at radius 1 is 0.872 bits per heavy atom. The first-order chi connectivity index (χ1) is 18.6. The summed E-state index contributed by atoms with van der Waals surface area (Å²) in [6, 6.07) is 9.61. The highest BCUT2D eigenvalue weighted by molar-refractivity contribution is 6.27. The van der Waals surface area contributed by atoms with Crippen molar-refractivity contribution in [2.75, 3.05) is 55.1 Å². The van der Waals surface area contributed by atoms with E-state index in [1.807, 2.05) is 38.2 Å². The van der Waals surface area contributed by atoms with E-state index in [1.165, 1.54) is 0 Å². The number of fused-ring (bicyclic) bond motifs is 1. The highest BCUT2D eigenvalue weighted by Crippen LogP contribution is 2.39. The van der Waals surface area contributed by atoms with Crippen LogP contribution in [-0.4, -0.2) is 88.1 Å². The third kappa shape index (κ3) is 8.01. The van der Waals surface area contributed by atoms with Crippen molar-refractivity contribution in [3.8, 4) is 23.0 Å². The lowest BCUT2D eigenvalue weighted by atomic mass is 10.1. The average molecular weight is 547 g/mol. The lowest BCUT2D eigenvalue weighted by Crippen LogP contribution is -2.34. The summed E-state index contributed by atoms with van der Waals surface area (Å²) in [5.74, 6) is -1.14. The molecule has 39 heavy (non-hydrogen) atoms. The Hall–Kier alpha value is -4.45. The van der Waals surface area contributed by atoms with Crippen LogP contribution in [0.4, 0.5) is 0 Å². The maximum absolute atomic E-state index is 12.8. The van der Waals surface area contributed by atoms with Gasteiger partial charge in [0.2, 0.25) is 5.75 Å². The van der Waals surface area contributed by atoms with Gasteiger partial charge in [-0.25, -0.2) is 9.59 Å². The molecule has 1 heterocycles. The second-order valence-corrected chi connectivity index (χ2v) is 8.34. The highest BCUT2D eigenvalue weighted by atomic mass is 16.5. The molecule has 0 spiro atoms. The SMILES string of the molecule is COc1ccc(CCN(C)CCNC(=O)c2oc3c(OC)c(OC)ccc3c2C)cc1OC.O=C(O)C(=O)O. The van der Waals surface area contributed by atoms with Crippen LogP contribution in [-0.2, 0) is 16.0 Å². The predicted octanol–water partition coefficient (Wildman–Crippen LogP) is 2.84. The van der Waals surface area contributed by atoms with Gasteiger partial charge in [-0.05, 0) is 50.2 Å². The van der Waals surface area contributed by atoms with Gasteiger partial charge in [0.1, 0.15) is 0 Å². The van der Waals surface area contributed by atoms with Gasteiger partial charge in [-0.2, -0.15) is 0 Å². The number of carbonyl (C=O) groups excluding carboxylic acids is 1. The van der Waals surface area contributed by atoms with Gasteiger partial charge in [-0.1, -0.05) is 6.07 Å². The van der Waals surface area contributed by atoms with Crippen LogP contribution in [0.3, 0.4) is 0 Å². The number of carboxylic acid groups (broad SMARTS) is 2. The minimum Gasteiger partial charge on any atom is -0.493 e. The number of aliphatic carboxylic acids is 2. The van der Waals surface area contributed by atoms with Crippen LogP contribution < -0.4 is 24.3 Å². The van der Waals surface area contributed by atoms with Gasteiger partial charge >= 0.3 is 11.9 Å². The lowest BCUT2D eigenvalue weighted by Gasteiger charge is -2.17. The summed E-state index contributed by atoms with van der Waals surface area (Å²) in [7, 11) is 8.39. The van der Waals surface area contributed by atoms with Crippen molar-refractivity contribution in [2.45, 2.75) is 13.3 Å². The molecule has 12 nitrogen and oxygen atoms in total. The number of likely N-dealkylation sites (N-methyl/N-ethyl adjacent to an activating group) is 1. The molecule has 0 aliphatic carbocycles. The summed E-state index contributed by atoms with van der Waals surface area (Å²) in [5.41, 5.74) is 2.43. The Labute approximate surface area is 226 Å². The number of amides is 1. The maximum Gasteiger partial charge on any atom is 0.414 e. The molecule has 0 bridgehead atoms. The number of furan rings is 1. The number of rotatable bonds is 11. The standard InChI is InChI=1S/C25H32N2O6.C2H2O4/c1-16-18-8-10-20(30-4)24(32-6)23(18)33-22(16)25(28)26-12-14-27(2)13-11-17-7-9-19(29-3)21(15-17)31-5;3-1(4)2(5)6/h7-10,15H,11-14H2,1-6H3,(H,26,28);(H,3,4)(H,5,6). The number of nitrogens with zero attached hydrogens (tertiary/aromatic N) is 1. The molecule has 3 aromatic rings. The first-order valence-corrected chi connectivity index (χ1v) is 11.9. The molecular formula is C27H34N2O10. The zero-order chi connectivity index (χ0) is 29.1. The summed E-state index contributed by atoms with van der Waals surface area (Å²) in [4.78, 5) is 33.1. The molecule has 1 amide bonds. The topological polar surface area (TPSA) is 157 Å². The van der Waals surface area contributed by atoms with Gasteiger partial charge in [0.15, 0.2) is 28.6 Å². The number of nitrogens with one attached hydrogen (secondary N) is 1. The Balaban J connectivity index is 0.000000798. The average Bonchev–Trinajstić information content (AvgIpc) is 3.27. The highest BCUT2D eigenvalue weighted by Gasteiger charge is 2.22. The quantitative estimate of drug-likeness (QED) is 0.304. The largest absolute Gasteiger partial charge is 0.493 e. The Morgan fingerprint density at radius 2 is 1.49 bits per heavy atom. The van der Waals surface area contributed by atoms with Crippen LogP contribution in [0.15, 0.2) is 34.7 Å². The van der Waals surface area contributed by atoms with E-state index in [0.29, 0.717) is 35.9 Å². The minimum atomic E-state index is -1.82. The van der Waals surface area contributed by atoms with Crippen molar-refractivity contribution in [2.24, 2.45) is 0 Å². The second kappa shape index (κ2) is 14.5.